The second-order valence-corrected chi connectivity index (χ2v) is 7.04. The molecule has 0 aromatic heterocycles. The van der Waals surface area contributed by atoms with Crippen molar-refractivity contribution >= 4 is 27.6 Å². The highest BCUT2D eigenvalue weighted by Gasteiger charge is 2.52. The van der Waals surface area contributed by atoms with E-state index in [0.29, 0.717) is 6.42 Å². The van der Waals surface area contributed by atoms with Crippen molar-refractivity contribution < 1.29 is 10.2 Å². The van der Waals surface area contributed by atoms with E-state index in [0.717, 1.165) is 17.5 Å². The van der Waals surface area contributed by atoms with Crippen LogP contribution in [0.2, 0.25) is 0 Å². The molecule has 2 atom stereocenters. The molecule has 5 rings (SSSR count). The van der Waals surface area contributed by atoms with Gasteiger partial charge in [-0.05, 0) is 70.1 Å². The molecule has 2 heteroatoms. The summed E-state index contributed by atoms with van der Waals surface area (Å²) >= 11 is 0. The standard InChI is InChI=1S/C21H18O2/c1-20(22)10-8-14-12-18-15-5-3-2-4-13(15)6-7-16(18)17-9-11-21(20,23)19(14)17/h2-8,10,12,22-23H,9,11H2,1H3/t20-,21+/m1/s1. The van der Waals surface area contributed by atoms with Crippen LogP contribution in [0.1, 0.15) is 30.0 Å². The molecule has 0 bridgehead atoms. The third-order valence-corrected chi connectivity index (χ3v) is 5.76. The molecule has 2 N–H and O–H groups in total. The minimum atomic E-state index is -1.21. The third kappa shape index (κ3) is 1.50. The SMILES string of the molecule is C[C@@]1(O)C=Cc2cc3c(ccc4ccccc43)c3c2[C@@]1(O)CC3. The molecule has 0 radical (unpaired) electrons. The Labute approximate surface area is 134 Å². The average Bonchev–Trinajstić information content (AvgIpc) is 2.92. The zero-order valence-corrected chi connectivity index (χ0v) is 13.0. The topological polar surface area (TPSA) is 40.5 Å². The molecule has 3 aromatic rings. The second-order valence-electron chi connectivity index (χ2n) is 7.04. The molecule has 2 aliphatic carbocycles. The molecule has 2 aliphatic rings. The van der Waals surface area contributed by atoms with Gasteiger partial charge in [0.15, 0.2) is 0 Å². The molecule has 23 heavy (non-hydrogen) atoms. The number of aliphatic hydroxyl groups is 2. The first-order valence-corrected chi connectivity index (χ1v) is 8.13. The van der Waals surface area contributed by atoms with Crippen LogP contribution < -0.4 is 0 Å². The lowest BCUT2D eigenvalue weighted by Gasteiger charge is -2.40. The van der Waals surface area contributed by atoms with Crippen molar-refractivity contribution in [2.24, 2.45) is 0 Å². The van der Waals surface area contributed by atoms with Gasteiger partial charge in [0.05, 0.1) is 0 Å². The van der Waals surface area contributed by atoms with Crippen molar-refractivity contribution in [3.63, 3.8) is 0 Å². The summed E-state index contributed by atoms with van der Waals surface area (Å²) in [5.41, 5.74) is 0.765. The van der Waals surface area contributed by atoms with Gasteiger partial charge in [0, 0.05) is 0 Å². The molecule has 0 amide bonds. The van der Waals surface area contributed by atoms with Gasteiger partial charge in [0.2, 0.25) is 0 Å². The molecule has 0 fully saturated rings. The van der Waals surface area contributed by atoms with Gasteiger partial charge in [-0.25, -0.2) is 0 Å². The normalized spacial score (nSPS) is 28.5. The van der Waals surface area contributed by atoms with Gasteiger partial charge in [0.25, 0.3) is 0 Å². The minimum Gasteiger partial charge on any atom is -0.383 e. The molecule has 0 heterocycles. The van der Waals surface area contributed by atoms with Gasteiger partial charge in [-0.1, -0.05) is 42.5 Å². The van der Waals surface area contributed by atoms with Gasteiger partial charge in [-0.2, -0.15) is 0 Å². The van der Waals surface area contributed by atoms with Crippen LogP contribution in [0.4, 0.5) is 0 Å². The lowest BCUT2D eigenvalue weighted by molar-refractivity contribution is -0.119. The number of rotatable bonds is 0. The molecule has 0 saturated heterocycles. The molecule has 2 nitrogen and oxygen atoms in total. The summed E-state index contributed by atoms with van der Waals surface area (Å²) in [6.07, 6.45) is 5.06. The van der Waals surface area contributed by atoms with Crippen LogP contribution in [0.5, 0.6) is 0 Å². The maximum absolute atomic E-state index is 11.2. The number of fused-ring (bicyclic) bond motifs is 4. The molecular weight excluding hydrogens is 284 g/mol. The highest BCUT2D eigenvalue weighted by molar-refractivity contribution is 6.10. The zero-order chi connectivity index (χ0) is 15.8. The van der Waals surface area contributed by atoms with Crippen molar-refractivity contribution in [2.45, 2.75) is 31.0 Å². The van der Waals surface area contributed by atoms with Crippen LogP contribution in [-0.2, 0) is 12.0 Å². The summed E-state index contributed by atoms with van der Waals surface area (Å²) < 4.78 is 0. The van der Waals surface area contributed by atoms with E-state index in [1.807, 2.05) is 6.08 Å². The first kappa shape index (κ1) is 13.3. The Morgan fingerprint density at radius 3 is 2.65 bits per heavy atom. The predicted molar refractivity (Wildman–Crippen MR) is 93.3 cm³/mol. The lowest BCUT2D eigenvalue weighted by atomic mass is 9.73. The predicted octanol–water partition coefficient (Wildman–Crippen LogP) is 3.90. The van der Waals surface area contributed by atoms with Gasteiger partial charge >= 0.3 is 0 Å². The van der Waals surface area contributed by atoms with Crippen LogP contribution in [0.3, 0.4) is 0 Å². The van der Waals surface area contributed by atoms with E-state index >= 15 is 0 Å². The van der Waals surface area contributed by atoms with E-state index in [9.17, 15) is 10.2 Å². The maximum atomic E-state index is 11.2. The second kappa shape index (κ2) is 4.02. The van der Waals surface area contributed by atoms with E-state index in [4.69, 9.17) is 0 Å². The Kier molecular flexibility index (Phi) is 2.33. The molecule has 0 saturated carbocycles. The number of hydrogen-bond donors (Lipinski definition) is 2. The van der Waals surface area contributed by atoms with Gasteiger partial charge in [-0.15, -0.1) is 0 Å². The quantitative estimate of drug-likeness (QED) is 0.618. The fourth-order valence-electron chi connectivity index (χ4n) is 4.46. The molecule has 0 spiro atoms. The molecule has 3 aromatic carbocycles. The highest BCUT2D eigenvalue weighted by atomic mass is 16.4. The monoisotopic (exact) mass is 302 g/mol. The summed E-state index contributed by atoms with van der Waals surface area (Å²) in [6, 6.07) is 14.9. The number of benzene rings is 3. The van der Waals surface area contributed by atoms with Crippen LogP contribution in [0, 0.1) is 0 Å². The summed E-state index contributed by atoms with van der Waals surface area (Å²) in [5, 5.41) is 26.8. The van der Waals surface area contributed by atoms with Gasteiger partial charge in [-0.3, -0.25) is 0 Å². The zero-order valence-electron chi connectivity index (χ0n) is 13.0. The van der Waals surface area contributed by atoms with Crippen molar-refractivity contribution in [1.82, 2.24) is 0 Å². The largest absolute Gasteiger partial charge is 0.383 e. The lowest BCUT2D eigenvalue weighted by Crippen LogP contribution is -2.48. The van der Waals surface area contributed by atoms with Gasteiger partial charge < -0.3 is 10.2 Å². The third-order valence-electron chi connectivity index (χ3n) is 5.76. The van der Waals surface area contributed by atoms with Crippen molar-refractivity contribution in [2.75, 3.05) is 0 Å². The first-order chi connectivity index (χ1) is 11.0. The Hall–Kier alpha value is -2.16. The Bertz CT molecular complexity index is 1010. The van der Waals surface area contributed by atoms with Crippen molar-refractivity contribution in [1.29, 1.82) is 0 Å². The molecular formula is C21H18O2. The van der Waals surface area contributed by atoms with E-state index in [2.05, 4.69) is 42.5 Å². The fourth-order valence-corrected chi connectivity index (χ4v) is 4.46. The molecule has 114 valence electrons. The van der Waals surface area contributed by atoms with Crippen molar-refractivity contribution in [3.8, 4) is 0 Å². The molecule has 0 unspecified atom stereocenters. The summed E-state index contributed by atoms with van der Waals surface area (Å²) in [7, 11) is 0. The van der Waals surface area contributed by atoms with Crippen LogP contribution in [-0.4, -0.2) is 15.8 Å². The minimum absolute atomic E-state index is 0.568. The first-order valence-electron chi connectivity index (χ1n) is 8.13. The summed E-state index contributed by atoms with van der Waals surface area (Å²) in [4.78, 5) is 0. The van der Waals surface area contributed by atoms with E-state index in [-0.39, 0.29) is 0 Å². The molecule has 0 aliphatic heterocycles. The smallest absolute Gasteiger partial charge is 0.123 e. The van der Waals surface area contributed by atoms with Gasteiger partial charge in [0.1, 0.15) is 11.2 Å². The highest BCUT2D eigenvalue weighted by Crippen LogP contribution is 2.52. The van der Waals surface area contributed by atoms with E-state index in [1.165, 1.54) is 27.1 Å². The van der Waals surface area contributed by atoms with Crippen LogP contribution >= 0.6 is 0 Å². The summed E-state index contributed by atoms with van der Waals surface area (Å²) in [5.74, 6) is 0. The maximum Gasteiger partial charge on any atom is 0.123 e. The average molecular weight is 302 g/mol. The Morgan fingerprint density at radius 2 is 1.78 bits per heavy atom. The van der Waals surface area contributed by atoms with E-state index in [1.54, 1.807) is 13.0 Å². The Balaban J connectivity index is 1.97. The summed E-state index contributed by atoms with van der Waals surface area (Å²) in [6.45, 7) is 1.70. The van der Waals surface area contributed by atoms with E-state index < -0.39 is 11.2 Å². The fraction of sp³-hybridized carbons (Fsp3) is 0.238. The van der Waals surface area contributed by atoms with Crippen molar-refractivity contribution in [3.05, 3.63) is 65.2 Å². The van der Waals surface area contributed by atoms with Crippen LogP contribution in [0.25, 0.3) is 27.6 Å². The number of aryl methyl sites for hydroxylation is 1. The van der Waals surface area contributed by atoms with Crippen LogP contribution in [0.15, 0.2) is 48.5 Å². The Morgan fingerprint density at radius 1 is 0.957 bits per heavy atom. The number of hydrogen-bond acceptors (Lipinski definition) is 2.